The molecule has 1 saturated heterocycles. The van der Waals surface area contributed by atoms with Crippen molar-refractivity contribution >= 4 is 22.5 Å². The lowest BCUT2D eigenvalue weighted by molar-refractivity contribution is 0.207. The summed E-state index contributed by atoms with van der Waals surface area (Å²) in [6, 6.07) is 4.01. The maximum absolute atomic E-state index is 12.3. The molecule has 0 aliphatic carbocycles. The van der Waals surface area contributed by atoms with E-state index in [0.717, 1.165) is 24.9 Å². The van der Waals surface area contributed by atoms with Crippen LogP contribution in [-0.4, -0.2) is 27.4 Å². The van der Waals surface area contributed by atoms with Crippen molar-refractivity contribution in [1.29, 1.82) is 0 Å². The summed E-state index contributed by atoms with van der Waals surface area (Å²) in [5.74, 6) is 0. The second-order valence-corrected chi connectivity index (χ2v) is 5.29. The SMILES string of the molecule is O=C(Nc1nccs1)N1CCC[C@H]1c1ccncc1. The number of anilines is 1. The number of carbonyl (C=O) groups excluding carboxylic acids is 1. The van der Waals surface area contributed by atoms with Gasteiger partial charge in [0.25, 0.3) is 0 Å². The van der Waals surface area contributed by atoms with Crippen LogP contribution in [0, 0.1) is 0 Å². The van der Waals surface area contributed by atoms with Gasteiger partial charge in [-0.1, -0.05) is 0 Å². The number of nitrogens with one attached hydrogen (secondary N) is 1. The van der Waals surface area contributed by atoms with Gasteiger partial charge in [0.2, 0.25) is 0 Å². The van der Waals surface area contributed by atoms with E-state index in [4.69, 9.17) is 0 Å². The van der Waals surface area contributed by atoms with Crippen LogP contribution in [0.15, 0.2) is 36.1 Å². The molecule has 5 nitrogen and oxygen atoms in total. The van der Waals surface area contributed by atoms with Gasteiger partial charge in [-0.05, 0) is 30.5 Å². The van der Waals surface area contributed by atoms with Crippen LogP contribution in [0.5, 0.6) is 0 Å². The first-order valence-electron chi connectivity index (χ1n) is 6.21. The molecule has 2 amide bonds. The molecule has 1 aliphatic heterocycles. The zero-order chi connectivity index (χ0) is 13.1. The van der Waals surface area contributed by atoms with Crippen LogP contribution in [0.2, 0.25) is 0 Å². The van der Waals surface area contributed by atoms with E-state index in [9.17, 15) is 4.79 Å². The molecule has 2 aromatic rings. The number of aromatic nitrogens is 2. The summed E-state index contributed by atoms with van der Waals surface area (Å²) in [5.41, 5.74) is 1.14. The van der Waals surface area contributed by atoms with E-state index < -0.39 is 0 Å². The average molecular weight is 274 g/mol. The lowest BCUT2D eigenvalue weighted by atomic mass is 10.1. The Morgan fingerprint density at radius 2 is 2.21 bits per heavy atom. The van der Waals surface area contributed by atoms with Crippen LogP contribution in [-0.2, 0) is 0 Å². The largest absolute Gasteiger partial charge is 0.324 e. The molecule has 1 N–H and O–H groups in total. The Morgan fingerprint density at radius 3 is 2.95 bits per heavy atom. The number of thiazole rings is 1. The highest BCUT2D eigenvalue weighted by molar-refractivity contribution is 7.13. The number of urea groups is 1. The van der Waals surface area contributed by atoms with Crippen LogP contribution >= 0.6 is 11.3 Å². The monoisotopic (exact) mass is 274 g/mol. The molecule has 2 aromatic heterocycles. The van der Waals surface area contributed by atoms with E-state index in [-0.39, 0.29) is 12.1 Å². The molecule has 0 saturated carbocycles. The minimum atomic E-state index is -0.0748. The fourth-order valence-electron chi connectivity index (χ4n) is 2.39. The first-order valence-corrected chi connectivity index (χ1v) is 7.09. The van der Waals surface area contributed by atoms with Gasteiger partial charge in [0.05, 0.1) is 6.04 Å². The smallest absolute Gasteiger partial charge is 0.317 e. The third kappa shape index (κ3) is 2.58. The number of pyridine rings is 1. The zero-order valence-corrected chi connectivity index (χ0v) is 11.1. The Balaban J connectivity index is 1.74. The summed E-state index contributed by atoms with van der Waals surface area (Å²) in [6.45, 7) is 0.782. The average Bonchev–Trinajstić information content (AvgIpc) is 3.10. The first-order chi connectivity index (χ1) is 9.34. The standard InChI is InChI=1S/C13H14N4OS/c18-13(16-12-15-7-9-19-12)17-8-1-2-11(17)10-3-5-14-6-4-10/h3-7,9,11H,1-2,8H2,(H,15,16,18)/t11-/m0/s1. The fraction of sp³-hybridized carbons (Fsp3) is 0.308. The van der Waals surface area contributed by atoms with E-state index in [0.29, 0.717) is 5.13 Å². The molecule has 98 valence electrons. The summed E-state index contributed by atoms with van der Waals surface area (Å²) in [4.78, 5) is 22.2. The van der Waals surface area contributed by atoms with Crippen molar-refractivity contribution in [2.45, 2.75) is 18.9 Å². The van der Waals surface area contributed by atoms with Crippen molar-refractivity contribution < 1.29 is 4.79 Å². The zero-order valence-electron chi connectivity index (χ0n) is 10.3. The highest BCUT2D eigenvalue weighted by Gasteiger charge is 2.30. The molecule has 6 heteroatoms. The van der Waals surface area contributed by atoms with Crippen molar-refractivity contribution in [2.24, 2.45) is 0 Å². The molecule has 0 bridgehead atoms. The number of carbonyl (C=O) groups is 1. The van der Waals surface area contributed by atoms with E-state index >= 15 is 0 Å². The van der Waals surface area contributed by atoms with Crippen molar-refractivity contribution in [2.75, 3.05) is 11.9 Å². The third-order valence-corrected chi connectivity index (χ3v) is 3.94. The van der Waals surface area contributed by atoms with Gasteiger partial charge in [0.1, 0.15) is 0 Å². The highest BCUT2D eigenvalue weighted by Crippen LogP contribution is 2.32. The van der Waals surface area contributed by atoms with Gasteiger partial charge in [-0.2, -0.15) is 0 Å². The second-order valence-electron chi connectivity index (χ2n) is 4.40. The van der Waals surface area contributed by atoms with Gasteiger partial charge in [-0.15, -0.1) is 11.3 Å². The summed E-state index contributed by atoms with van der Waals surface area (Å²) in [6.07, 6.45) is 7.24. The molecule has 0 unspecified atom stereocenters. The Kier molecular flexibility index (Phi) is 3.41. The van der Waals surface area contributed by atoms with Crippen LogP contribution < -0.4 is 5.32 Å². The number of nitrogens with zero attached hydrogens (tertiary/aromatic N) is 3. The van der Waals surface area contributed by atoms with Crippen LogP contribution in [0.1, 0.15) is 24.4 Å². The summed E-state index contributed by atoms with van der Waals surface area (Å²) >= 11 is 1.43. The molecule has 1 aliphatic rings. The molecule has 1 fully saturated rings. The van der Waals surface area contributed by atoms with E-state index in [1.807, 2.05) is 22.4 Å². The predicted molar refractivity (Wildman–Crippen MR) is 74.1 cm³/mol. The number of hydrogen-bond donors (Lipinski definition) is 1. The minimum Gasteiger partial charge on any atom is -0.317 e. The molecule has 3 heterocycles. The second kappa shape index (κ2) is 5.36. The molecular formula is C13H14N4OS. The maximum atomic E-state index is 12.3. The van der Waals surface area contributed by atoms with Crippen molar-refractivity contribution in [1.82, 2.24) is 14.9 Å². The van der Waals surface area contributed by atoms with Crippen LogP contribution in [0.4, 0.5) is 9.93 Å². The fourth-order valence-corrected chi connectivity index (χ4v) is 2.91. The maximum Gasteiger partial charge on any atom is 0.324 e. The summed E-state index contributed by atoms with van der Waals surface area (Å²) in [7, 11) is 0. The van der Waals surface area contributed by atoms with Crippen molar-refractivity contribution in [3.63, 3.8) is 0 Å². The summed E-state index contributed by atoms with van der Waals surface area (Å²) < 4.78 is 0. The highest BCUT2D eigenvalue weighted by atomic mass is 32.1. The lowest BCUT2D eigenvalue weighted by Gasteiger charge is -2.24. The summed E-state index contributed by atoms with van der Waals surface area (Å²) in [5, 5.41) is 5.33. The molecule has 0 radical (unpaired) electrons. The van der Waals surface area contributed by atoms with Gasteiger partial charge < -0.3 is 4.90 Å². The molecule has 19 heavy (non-hydrogen) atoms. The first kappa shape index (κ1) is 12.1. The van der Waals surface area contributed by atoms with Crippen molar-refractivity contribution in [3.05, 3.63) is 41.7 Å². The lowest BCUT2D eigenvalue weighted by Crippen LogP contribution is -2.34. The number of likely N-dealkylation sites (tertiary alicyclic amines) is 1. The van der Waals surface area contributed by atoms with Crippen LogP contribution in [0.3, 0.4) is 0 Å². The van der Waals surface area contributed by atoms with E-state index in [2.05, 4.69) is 15.3 Å². The molecular weight excluding hydrogens is 260 g/mol. The Bertz CT molecular complexity index is 543. The Labute approximate surface area is 115 Å². The van der Waals surface area contributed by atoms with Gasteiger partial charge in [0.15, 0.2) is 5.13 Å². The van der Waals surface area contributed by atoms with Gasteiger partial charge in [-0.3, -0.25) is 10.3 Å². The topological polar surface area (TPSA) is 58.1 Å². The Hall–Kier alpha value is -1.95. The number of amides is 2. The van der Waals surface area contributed by atoms with Crippen LogP contribution in [0.25, 0.3) is 0 Å². The molecule has 0 aromatic carbocycles. The molecule has 0 spiro atoms. The number of hydrogen-bond acceptors (Lipinski definition) is 4. The minimum absolute atomic E-state index is 0.0748. The van der Waals surface area contributed by atoms with Gasteiger partial charge in [-0.25, -0.2) is 9.78 Å². The van der Waals surface area contributed by atoms with E-state index in [1.54, 1.807) is 18.6 Å². The molecule has 1 atom stereocenters. The van der Waals surface area contributed by atoms with Gasteiger partial charge in [0, 0.05) is 30.5 Å². The van der Waals surface area contributed by atoms with Gasteiger partial charge >= 0.3 is 6.03 Å². The Morgan fingerprint density at radius 1 is 1.37 bits per heavy atom. The predicted octanol–water partition coefficient (Wildman–Crippen LogP) is 2.91. The van der Waals surface area contributed by atoms with Crippen molar-refractivity contribution in [3.8, 4) is 0 Å². The normalized spacial score (nSPS) is 18.5. The quantitative estimate of drug-likeness (QED) is 0.916. The van der Waals surface area contributed by atoms with E-state index in [1.165, 1.54) is 11.3 Å². The number of rotatable bonds is 2. The third-order valence-electron chi connectivity index (χ3n) is 3.25. The molecule has 3 rings (SSSR count).